The molecule has 106 valence electrons. The van der Waals surface area contributed by atoms with Crippen molar-refractivity contribution in [2.75, 3.05) is 19.6 Å². The lowest BCUT2D eigenvalue weighted by molar-refractivity contribution is 0.129. The first-order valence-electron chi connectivity index (χ1n) is 7.82. The Kier molecular flexibility index (Phi) is 5.46. The summed E-state index contributed by atoms with van der Waals surface area (Å²) in [5.74, 6) is 0.509. The summed E-state index contributed by atoms with van der Waals surface area (Å²) < 4.78 is 0. The number of hydrogen-bond acceptors (Lipinski definition) is 3. The minimum atomic E-state index is -0.0459. The molecular formula is C15H30N2O. The fourth-order valence-electron chi connectivity index (χ4n) is 3.41. The van der Waals surface area contributed by atoms with E-state index in [2.05, 4.69) is 24.1 Å². The predicted octanol–water partition coefficient (Wildman–Crippen LogP) is 2.00. The van der Waals surface area contributed by atoms with Crippen LogP contribution in [0.15, 0.2) is 0 Å². The van der Waals surface area contributed by atoms with Gasteiger partial charge >= 0.3 is 0 Å². The van der Waals surface area contributed by atoms with Crippen LogP contribution in [0.1, 0.15) is 52.4 Å². The molecule has 1 saturated heterocycles. The molecule has 3 heteroatoms. The standard InChI is InChI=1S/C15H30N2O/c1-12(2)17-9-4-6-14(8-10-17)16-11-13-5-3-7-15(13)18/h12-16,18H,3-11H2,1-2H3. The number of aliphatic hydroxyl groups is 1. The second kappa shape index (κ2) is 6.88. The Morgan fingerprint density at radius 3 is 2.61 bits per heavy atom. The molecule has 3 unspecified atom stereocenters. The van der Waals surface area contributed by atoms with Crippen molar-refractivity contribution in [1.82, 2.24) is 10.2 Å². The van der Waals surface area contributed by atoms with Gasteiger partial charge in [0.1, 0.15) is 0 Å². The molecule has 2 rings (SSSR count). The van der Waals surface area contributed by atoms with E-state index in [4.69, 9.17) is 0 Å². The van der Waals surface area contributed by atoms with Crippen LogP contribution in [-0.2, 0) is 0 Å². The second-order valence-corrected chi connectivity index (χ2v) is 6.42. The van der Waals surface area contributed by atoms with E-state index >= 15 is 0 Å². The molecule has 1 heterocycles. The molecule has 0 aromatic rings. The highest BCUT2D eigenvalue weighted by atomic mass is 16.3. The highest BCUT2D eigenvalue weighted by Crippen LogP contribution is 2.25. The normalized spacial score (nSPS) is 35.0. The van der Waals surface area contributed by atoms with Crippen LogP contribution < -0.4 is 5.32 Å². The van der Waals surface area contributed by atoms with E-state index in [0.29, 0.717) is 18.0 Å². The summed E-state index contributed by atoms with van der Waals surface area (Å²) >= 11 is 0. The molecule has 2 N–H and O–H groups in total. The van der Waals surface area contributed by atoms with Crippen molar-refractivity contribution in [3.8, 4) is 0 Å². The minimum Gasteiger partial charge on any atom is -0.393 e. The van der Waals surface area contributed by atoms with Gasteiger partial charge in [0.05, 0.1) is 6.10 Å². The Morgan fingerprint density at radius 2 is 1.94 bits per heavy atom. The molecule has 0 bridgehead atoms. The van der Waals surface area contributed by atoms with Gasteiger partial charge in [-0.3, -0.25) is 0 Å². The minimum absolute atomic E-state index is 0.0459. The van der Waals surface area contributed by atoms with Crippen LogP contribution in [0.4, 0.5) is 0 Å². The van der Waals surface area contributed by atoms with Crippen LogP contribution in [-0.4, -0.2) is 47.8 Å². The molecule has 1 saturated carbocycles. The number of likely N-dealkylation sites (tertiary alicyclic amines) is 1. The summed E-state index contributed by atoms with van der Waals surface area (Å²) in [4.78, 5) is 2.59. The van der Waals surface area contributed by atoms with Crippen molar-refractivity contribution in [2.24, 2.45) is 5.92 Å². The number of rotatable bonds is 4. The average molecular weight is 254 g/mol. The maximum Gasteiger partial charge on any atom is 0.0580 e. The summed E-state index contributed by atoms with van der Waals surface area (Å²) in [5, 5.41) is 13.5. The van der Waals surface area contributed by atoms with Gasteiger partial charge < -0.3 is 15.3 Å². The Bertz CT molecular complexity index is 245. The molecule has 0 radical (unpaired) electrons. The van der Waals surface area contributed by atoms with Crippen molar-refractivity contribution in [3.63, 3.8) is 0 Å². The zero-order valence-corrected chi connectivity index (χ0v) is 12.1. The van der Waals surface area contributed by atoms with Gasteiger partial charge in [0.25, 0.3) is 0 Å². The van der Waals surface area contributed by atoms with Crippen molar-refractivity contribution >= 4 is 0 Å². The SMILES string of the molecule is CC(C)N1CCCC(NCC2CCCC2O)CC1. The van der Waals surface area contributed by atoms with Gasteiger partial charge in [0.15, 0.2) is 0 Å². The maximum absolute atomic E-state index is 9.84. The zero-order chi connectivity index (χ0) is 13.0. The molecule has 0 aromatic carbocycles. The van der Waals surface area contributed by atoms with Crippen LogP contribution in [0.25, 0.3) is 0 Å². The molecule has 0 amide bonds. The van der Waals surface area contributed by atoms with Crippen LogP contribution in [0.2, 0.25) is 0 Å². The third kappa shape index (κ3) is 3.94. The number of nitrogens with one attached hydrogen (secondary N) is 1. The smallest absolute Gasteiger partial charge is 0.0580 e. The van der Waals surface area contributed by atoms with Gasteiger partial charge in [0.2, 0.25) is 0 Å². The van der Waals surface area contributed by atoms with E-state index in [-0.39, 0.29) is 6.10 Å². The summed E-state index contributed by atoms with van der Waals surface area (Å²) in [6.45, 7) is 8.09. The van der Waals surface area contributed by atoms with E-state index in [1.165, 1.54) is 45.2 Å². The molecule has 1 aliphatic heterocycles. The Hall–Kier alpha value is -0.120. The van der Waals surface area contributed by atoms with Gasteiger partial charge in [-0.25, -0.2) is 0 Å². The van der Waals surface area contributed by atoms with E-state index < -0.39 is 0 Å². The van der Waals surface area contributed by atoms with Crippen molar-refractivity contribution < 1.29 is 5.11 Å². The Morgan fingerprint density at radius 1 is 1.11 bits per heavy atom. The first kappa shape index (κ1) is 14.3. The van der Waals surface area contributed by atoms with Crippen LogP contribution in [0.3, 0.4) is 0 Å². The number of hydrogen-bond donors (Lipinski definition) is 2. The van der Waals surface area contributed by atoms with Gasteiger partial charge in [-0.1, -0.05) is 6.42 Å². The van der Waals surface area contributed by atoms with E-state index in [1.807, 2.05) is 0 Å². The lowest BCUT2D eigenvalue weighted by Crippen LogP contribution is -2.37. The summed E-state index contributed by atoms with van der Waals surface area (Å²) in [7, 11) is 0. The van der Waals surface area contributed by atoms with Gasteiger partial charge in [-0.05, 0) is 65.0 Å². The molecular weight excluding hydrogens is 224 g/mol. The fraction of sp³-hybridized carbons (Fsp3) is 1.00. The first-order valence-corrected chi connectivity index (χ1v) is 7.82. The van der Waals surface area contributed by atoms with Gasteiger partial charge in [0, 0.05) is 18.6 Å². The zero-order valence-electron chi connectivity index (χ0n) is 12.1. The maximum atomic E-state index is 9.84. The molecule has 0 aromatic heterocycles. The molecule has 2 fully saturated rings. The average Bonchev–Trinajstić information content (AvgIpc) is 2.62. The van der Waals surface area contributed by atoms with Gasteiger partial charge in [-0.2, -0.15) is 0 Å². The summed E-state index contributed by atoms with van der Waals surface area (Å²) in [5.41, 5.74) is 0. The Balaban J connectivity index is 1.70. The van der Waals surface area contributed by atoms with Crippen molar-refractivity contribution in [1.29, 1.82) is 0 Å². The monoisotopic (exact) mass is 254 g/mol. The molecule has 0 spiro atoms. The third-order valence-electron chi connectivity index (χ3n) is 4.78. The molecule has 3 nitrogen and oxygen atoms in total. The van der Waals surface area contributed by atoms with E-state index in [1.54, 1.807) is 0 Å². The first-order chi connectivity index (χ1) is 8.66. The largest absolute Gasteiger partial charge is 0.393 e. The van der Waals surface area contributed by atoms with Crippen LogP contribution in [0, 0.1) is 5.92 Å². The number of nitrogens with zero attached hydrogens (tertiary/aromatic N) is 1. The summed E-state index contributed by atoms with van der Waals surface area (Å²) in [6.07, 6.45) is 7.25. The second-order valence-electron chi connectivity index (χ2n) is 6.42. The lowest BCUT2D eigenvalue weighted by atomic mass is 10.0. The fourth-order valence-corrected chi connectivity index (χ4v) is 3.41. The van der Waals surface area contributed by atoms with Crippen LogP contribution in [0.5, 0.6) is 0 Å². The van der Waals surface area contributed by atoms with Gasteiger partial charge in [-0.15, -0.1) is 0 Å². The lowest BCUT2D eigenvalue weighted by Gasteiger charge is -2.25. The van der Waals surface area contributed by atoms with Crippen molar-refractivity contribution in [2.45, 2.75) is 70.6 Å². The summed E-state index contributed by atoms with van der Waals surface area (Å²) in [6, 6.07) is 1.35. The molecule has 3 atom stereocenters. The van der Waals surface area contributed by atoms with Crippen LogP contribution >= 0.6 is 0 Å². The molecule has 18 heavy (non-hydrogen) atoms. The molecule has 2 aliphatic rings. The van der Waals surface area contributed by atoms with Crippen molar-refractivity contribution in [3.05, 3.63) is 0 Å². The molecule has 1 aliphatic carbocycles. The highest BCUT2D eigenvalue weighted by molar-refractivity contribution is 4.82. The van der Waals surface area contributed by atoms with E-state index in [9.17, 15) is 5.11 Å². The quantitative estimate of drug-likeness (QED) is 0.805. The third-order valence-corrected chi connectivity index (χ3v) is 4.78. The number of aliphatic hydroxyl groups excluding tert-OH is 1. The van der Waals surface area contributed by atoms with E-state index in [0.717, 1.165) is 13.0 Å². The topological polar surface area (TPSA) is 35.5 Å². The Labute approximate surface area is 112 Å². The predicted molar refractivity (Wildman–Crippen MR) is 75.7 cm³/mol. The highest BCUT2D eigenvalue weighted by Gasteiger charge is 2.26.